The standard InChI is InChI=1S/C18H19N3O/c1-3-14-8-10-15(11-9-14)20-18(22)13(2)21-12-19-16-6-4-5-7-17(16)21/h4-13H,3H2,1-2H3,(H,20,22). The maximum absolute atomic E-state index is 12.4. The van der Waals surface area contributed by atoms with E-state index in [-0.39, 0.29) is 11.9 Å². The van der Waals surface area contributed by atoms with E-state index in [0.717, 1.165) is 23.1 Å². The largest absolute Gasteiger partial charge is 0.324 e. The molecule has 0 aliphatic heterocycles. The summed E-state index contributed by atoms with van der Waals surface area (Å²) in [6.07, 6.45) is 2.71. The zero-order valence-electron chi connectivity index (χ0n) is 12.8. The first-order chi connectivity index (χ1) is 10.7. The first-order valence-electron chi connectivity index (χ1n) is 7.50. The average Bonchev–Trinajstić information content (AvgIpc) is 2.99. The van der Waals surface area contributed by atoms with Gasteiger partial charge in [-0.05, 0) is 43.2 Å². The number of anilines is 1. The van der Waals surface area contributed by atoms with Crippen LogP contribution in [0, 0.1) is 0 Å². The number of carbonyl (C=O) groups is 1. The fraction of sp³-hybridized carbons (Fsp3) is 0.222. The Kier molecular flexibility index (Phi) is 3.92. The Labute approximate surface area is 129 Å². The Morgan fingerprint density at radius 3 is 2.64 bits per heavy atom. The summed E-state index contributed by atoms with van der Waals surface area (Å²) in [5.74, 6) is -0.0487. The van der Waals surface area contributed by atoms with E-state index in [1.54, 1.807) is 6.33 Å². The quantitative estimate of drug-likeness (QED) is 0.795. The number of aromatic nitrogens is 2. The van der Waals surface area contributed by atoms with Gasteiger partial charge in [0.1, 0.15) is 6.04 Å². The molecule has 0 saturated heterocycles. The van der Waals surface area contributed by atoms with Crippen LogP contribution in [0.3, 0.4) is 0 Å². The van der Waals surface area contributed by atoms with Crippen LogP contribution in [0.1, 0.15) is 25.5 Å². The predicted molar refractivity (Wildman–Crippen MR) is 88.9 cm³/mol. The summed E-state index contributed by atoms with van der Waals surface area (Å²) >= 11 is 0. The molecule has 22 heavy (non-hydrogen) atoms. The van der Waals surface area contributed by atoms with Crippen molar-refractivity contribution in [3.8, 4) is 0 Å². The van der Waals surface area contributed by atoms with Gasteiger partial charge in [0.05, 0.1) is 17.4 Å². The lowest BCUT2D eigenvalue weighted by Crippen LogP contribution is -2.23. The molecule has 2 aromatic carbocycles. The van der Waals surface area contributed by atoms with Crippen molar-refractivity contribution in [3.63, 3.8) is 0 Å². The molecule has 0 aliphatic carbocycles. The van der Waals surface area contributed by atoms with Crippen molar-refractivity contribution in [3.05, 3.63) is 60.4 Å². The summed E-state index contributed by atoms with van der Waals surface area (Å²) in [5.41, 5.74) is 3.94. The maximum Gasteiger partial charge on any atom is 0.247 e. The number of imidazole rings is 1. The molecule has 1 unspecified atom stereocenters. The highest BCUT2D eigenvalue weighted by Crippen LogP contribution is 2.19. The summed E-state index contributed by atoms with van der Waals surface area (Å²) in [6.45, 7) is 3.99. The first kappa shape index (κ1) is 14.3. The van der Waals surface area contributed by atoms with Gasteiger partial charge in [0.2, 0.25) is 5.91 Å². The number of fused-ring (bicyclic) bond motifs is 1. The third-order valence-corrected chi connectivity index (χ3v) is 3.91. The molecule has 1 aromatic heterocycles. The minimum atomic E-state index is -0.321. The Morgan fingerprint density at radius 1 is 1.18 bits per heavy atom. The summed E-state index contributed by atoms with van der Waals surface area (Å²) < 4.78 is 1.89. The second-order valence-electron chi connectivity index (χ2n) is 5.36. The topological polar surface area (TPSA) is 46.9 Å². The van der Waals surface area contributed by atoms with Crippen LogP contribution in [-0.4, -0.2) is 15.5 Å². The van der Waals surface area contributed by atoms with Gasteiger partial charge in [0, 0.05) is 5.69 Å². The first-order valence-corrected chi connectivity index (χ1v) is 7.50. The number of benzene rings is 2. The van der Waals surface area contributed by atoms with Gasteiger partial charge < -0.3 is 9.88 Å². The van der Waals surface area contributed by atoms with Crippen molar-refractivity contribution in [2.75, 3.05) is 5.32 Å². The van der Waals surface area contributed by atoms with Crippen LogP contribution >= 0.6 is 0 Å². The normalized spacial score (nSPS) is 12.3. The second-order valence-corrected chi connectivity index (χ2v) is 5.36. The van der Waals surface area contributed by atoms with Crippen LogP contribution in [0.15, 0.2) is 54.9 Å². The number of nitrogens with zero attached hydrogens (tertiary/aromatic N) is 2. The van der Waals surface area contributed by atoms with Gasteiger partial charge in [-0.25, -0.2) is 4.98 Å². The molecule has 1 heterocycles. The van der Waals surface area contributed by atoms with E-state index < -0.39 is 0 Å². The van der Waals surface area contributed by atoms with Crippen molar-refractivity contribution < 1.29 is 4.79 Å². The number of hydrogen-bond acceptors (Lipinski definition) is 2. The third kappa shape index (κ3) is 2.72. The van der Waals surface area contributed by atoms with Crippen molar-refractivity contribution >= 4 is 22.6 Å². The highest BCUT2D eigenvalue weighted by Gasteiger charge is 2.17. The number of rotatable bonds is 4. The monoisotopic (exact) mass is 293 g/mol. The predicted octanol–water partition coefficient (Wildman–Crippen LogP) is 3.80. The number of carbonyl (C=O) groups excluding carboxylic acids is 1. The molecule has 0 spiro atoms. The number of aryl methyl sites for hydroxylation is 1. The van der Waals surface area contributed by atoms with Gasteiger partial charge >= 0.3 is 0 Å². The molecule has 1 amide bonds. The van der Waals surface area contributed by atoms with Crippen LogP contribution in [0.25, 0.3) is 11.0 Å². The Morgan fingerprint density at radius 2 is 1.91 bits per heavy atom. The lowest BCUT2D eigenvalue weighted by Gasteiger charge is -2.14. The molecule has 3 aromatic rings. The Hall–Kier alpha value is -2.62. The fourth-order valence-electron chi connectivity index (χ4n) is 2.48. The van der Waals surface area contributed by atoms with Crippen LogP contribution < -0.4 is 5.32 Å². The zero-order valence-corrected chi connectivity index (χ0v) is 12.8. The lowest BCUT2D eigenvalue weighted by molar-refractivity contribution is -0.118. The molecule has 0 fully saturated rings. The van der Waals surface area contributed by atoms with Gasteiger partial charge in [0.25, 0.3) is 0 Å². The van der Waals surface area contributed by atoms with Gasteiger partial charge in [-0.2, -0.15) is 0 Å². The Balaban J connectivity index is 1.79. The minimum Gasteiger partial charge on any atom is -0.324 e. The maximum atomic E-state index is 12.4. The molecule has 3 rings (SSSR count). The molecule has 4 heteroatoms. The highest BCUT2D eigenvalue weighted by molar-refractivity contribution is 5.94. The van der Waals surface area contributed by atoms with E-state index >= 15 is 0 Å². The number of hydrogen-bond donors (Lipinski definition) is 1. The molecular weight excluding hydrogens is 274 g/mol. The number of amides is 1. The van der Waals surface area contributed by atoms with Crippen molar-refractivity contribution in [2.45, 2.75) is 26.3 Å². The van der Waals surface area contributed by atoms with E-state index in [1.807, 2.05) is 60.0 Å². The molecule has 0 radical (unpaired) electrons. The van der Waals surface area contributed by atoms with E-state index in [2.05, 4.69) is 17.2 Å². The summed E-state index contributed by atoms with van der Waals surface area (Å²) in [7, 11) is 0. The van der Waals surface area contributed by atoms with Crippen molar-refractivity contribution in [2.24, 2.45) is 0 Å². The van der Waals surface area contributed by atoms with Gasteiger partial charge in [-0.15, -0.1) is 0 Å². The molecule has 1 atom stereocenters. The second kappa shape index (κ2) is 6.02. The summed E-state index contributed by atoms with van der Waals surface area (Å²) in [6, 6.07) is 15.4. The van der Waals surface area contributed by atoms with E-state index in [9.17, 15) is 4.79 Å². The fourth-order valence-corrected chi connectivity index (χ4v) is 2.48. The minimum absolute atomic E-state index is 0.0487. The van der Waals surface area contributed by atoms with E-state index in [0.29, 0.717) is 0 Å². The van der Waals surface area contributed by atoms with Gasteiger partial charge in [-0.3, -0.25) is 4.79 Å². The SMILES string of the molecule is CCc1ccc(NC(=O)C(C)n2cnc3ccccc32)cc1. The third-order valence-electron chi connectivity index (χ3n) is 3.91. The molecular formula is C18H19N3O. The molecule has 0 aliphatic rings. The van der Waals surface area contributed by atoms with Gasteiger partial charge in [0.15, 0.2) is 0 Å². The molecule has 0 saturated carbocycles. The van der Waals surface area contributed by atoms with Crippen molar-refractivity contribution in [1.29, 1.82) is 0 Å². The Bertz CT molecular complexity index is 789. The average molecular weight is 293 g/mol. The number of para-hydroxylation sites is 2. The van der Waals surface area contributed by atoms with E-state index in [1.165, 1.54) is 5.56 Å². The van der Waals surface area contributed by atoms with Gasteiger partial charge in [-0.1, -0.05) is 31.2 Å². The van der Waals surface area contributed by atoms with Crippen LogP contribution in [0.4, 0.5) is 5.69 Å². The smallest absolute Gasteiger partial charge is 0.247 e. The zero-order chi connectivity index (χ0) is 15.5. The summed E-state index contributed by atoms with van der Waals surface area (Å²) in [5, 5.41) is 2.96. The number of nitrogens with one attached hydrogen (secondary N) is 1. The summed E-state index contributed by atoms with van der Waals surface area (Å²) in [4.78, 5) is 16.8. The van der Waals surface area contributed by atoms with E-state index in [4.69, 9.17) is 0 Å². The van der Waals surface area contributed by atoms with Crippen LogP contribution in [-0.2, 0) is 11.2 Å². The van der Waals surface area contributed by atoms with Crippen LogP contribution in [0.2, 0.25) is 0 Å². The molecule has 0 bridgehead atoms. The molecule has 1 N–H and O–H groups in total. The van der Waals surface area contributed by atoms with Crippen LogP contribution in [0.5, 0.6) is 0 Å². The lowest BCUT2D eigenvalue weighted by atomic mass is 10.1. The molecule has 4 nitrogen and oxygen atoms in total. The highest BCUT2D eigenvalue weighted by atomic mass is 16.2. The van der Waals surface area contributed by atoms with Crippen molar-refractivity contribution in [1.82, 2.24) is 9.55 Å². The molecule has 112 valence electrons.